The first-order chi connectivity index (χ1) is 35.0. The molecule has 0 heterocycles. The standard InChI is InChI=1S/C68H76N4/c1-12-69(13-2)66-43-55-27-21-18-24-52(55)40-63(66)48(9)51-30-32-58(33-31-51)72(59-34-36-61(46(7)38-59)49(10)64-41-53-25-19-22-28-56(53)44-67(64)70(14-3)15-4)60-35-37-62(47(8)39-60)50(11)65-42-54-26-20-23-29-57(54)45-68(65)71(16-5)17-6/h18-45,48-50H,12-17H2,1-11H3. The highest BCUT2D eigenvalue weighted by Gasteiger charge is 2.24. The second kappa shape index (κ2) is 21.8. The van der Waals surface area contributed by atoms with Crippen molar-refractivity contribution in [2.75, 3.05) is 58.9 Å². The van der Waals surface area contributed by atoms with Gasteiger partial charge in [-0.15, -0.1) is 0 Å². The molecule has 0 amide bonds. The average molecular weight is 949 g/mol. The van der Waals surface area contributed by atoms with Gasteiger partial charge >= 0.3 is 0 Å². The van der Waals surface area contributed by atoms with Crippen LogP contribution in [-0.4, -0.2) is 39.3 Å². The van der Waals surface area contributed by atoms with Crippen LogP contribution in [0.3, 0.4) is 0 Å². The molecule has 0 aliphatic heterocycles. The summed E-state index contributed by atoms with van der Waals surface area (Å²) in [6.45, 7) is 31.2. The van der Waals surface area contributed by atoms with Gasteiger partial charge in [0, 0.05) is 91.1 Å². The van der Waals surface area contributed by atoms with E-state index in [4.69, 9.17) is 0 Å². The summed E-state index contributed by atoms with van der Waals surface area (Å²) in [7, 11) is 0. The van der Waals surface area contributed by atoms with E-state index in [1.165, 1.54) is 93.9 Å². The van der Waals surface area contributed by atoms with E-state index in [1.54, 1.807) is 0 Å². The van der Waals surface area contributed by atoms with E-state index in [-0.39, 0.29) is 17.8 Å². The maximum Gasteiger partial charge on any atom is 0.0464 e. The minimum absolute atomic E-state index is 0.198. The Labute approximate surface area is 431 Å². The molecule has 0 bridgehead atoms. The molecule has 0 saturated carbocycles. The van der Waals surface area contributed by atoms with E-state index in [2.05, 4.69) is 266 Å². The van der Waals surface area contributed by atoms with Crippen molar-refractivity contribution >= 4 is 66.4 Å². The van der Waals surface area contributed by atoms with Gasteiger partial charge in [-0.25, -0.2) is 0 Å². The summed E-state index contributed by atoms with van der Waals surface area (Å²) in [6.07, 6.45) is 0. The molecule has 0 aliphatic rings. The van der Waals surface area contributed by atoms with Crippen molar-refractivity contribution in [2.24, 2.45) is 0 Å². The zero-order chi connectivity index (χ0) is 50.6. The summed E-state index contributed by atoms with van der Waals surface area (Å²) in [5.74, 6) is 0.597. The predicted octanol–water partition coefficient (Wildman–Crippen LogP) is 18.2. The van der Waals surface area contributed by atoms with E-state index >= 15 is 0 Å². The molecule has 0 spiro atoms. The van der Waals surface area contributed by atoms with Gasteiger partial charge < -0.3 is 19.6 Å². The van der Waals surface area contributed by atoms with Gasteiger partial charge in [-0.2, -0.15) is 0 Å². The van der Waals surface area contributed by atoms with Gasteiger partial charge in [0.2, 0.25) is 0 Å². The van der Waals surface area contributed by atoms with E-state index in [0.717, 1.165) is 56.3 Å². The molecular formula is C68H76N4. The minimum atomic E-state index is 0.198. The van der Waals surface area contributed by atoms with Crippen LogP contribution in [0.1, 0.15) is 125 Å². The maximum atomic E-state index is 2.51. The third-order valence-electron chi connectivity index (χ3n) is 16.0. The number of anilines is 6. The third-order valence-corrected chi connectivity index (χ3v) is 16.0. The van der Waals surface area contributed by atoms with E-state index < -0.39 is 0 Å². The Balaban J connectivity index is 1.14. The number of fused-ring (bicyclic) bond motifs is 3. The van der Waals surface area contributed by atoms with Crippen LogP contribution < -0.4 is 19.6 Å². The quantitative estimate of drug-likeness (QED) is 0.0850. The van der Waals surface area contributed by atoms with Crippen LogP contribution in [0, 0.1) is 13.8 Å². The zero-order valence-corrected chi connectivity index (χ0v) is 44.9. The molecule has 3 atom stereocenters. The number of benzene rings is 9. The highest BCUT2D eigenvalue weighted by Crippen LogP contribution is 2.44. The molecule has 0 radical (unpaired) electrons. The van der Waals surface area contributed by atoms with Crippen LogP contribution in [0.2, 0.25) is 0 Å². The van der Waals surface area contributed by atoms with Crippen LogP contribution in [0.4, 0.5) is 34.1 Å². The molecule has 72 heavy (non-hydrogen) atoms. The highest BCUT2D eigenvalue weighted by molar-refractivity contribution is 5.90. The molecule has 0 N–H and O–H groups in total. The number of aryl methyl sites for hydroxylation is 2. The Kier molecular flexibility index (Phi) is 15.1. The van der Waals surface area contributed by atoms with Crippen LogP contribution >= 0.6 is 0 Å². The van der Waals surface area contributed by atoms with Crippen molar-refractivity contribution in [1.29, 1.82) is 0 Å². The summed E-state index contributed by atoms with van der Waals surface area (Å²) < 4.78 is 0. The predicted molar refractivity (Wildman–Crippen MR) is 316 cm³/mol. The van der Waals surface area contributed by atoms with Crippen molar-refractivity contribution in [3.8, 4) is 0 Å². The molecule has 0 aromatic heterocycles. The van der Waals surface area contributed by atoms with E-state index in [1.807, 2.05) is 0 Å². The van der Waals surface area contributed by atoms with Gasteiger partial charge in [-0.3, -0.25) is 0 Å². The fourth-order valence-electron chi connectivity index (χ4n) is 11.7. The molecule has 3 unspecified atom stereocenters. The highest BCUT2D eigenvalue weighted by atomic mass is 15.1. The Morgan fingerprint density at radius 1 is 0.306 bits per heavy atom. The molecular weight excluding hydrogens is 873 g/mol. The van der Waals surface area contributed by atoms with Gasteiger partial charge in [0.15, 0.2) is 0 Å². The first-order valence-corrected chi connectivity index (χ1v) is 26.9. The van der Waals surface area contributed by atoms with Gasteiger partial charge in [0.25, 0.3) is 0 Å². The van der Waals surface area contributed by atoms with Crippen molar-refractivity contribution in [3.05, 3.63) is 214 Å². The number of hydrogen-bond donors (Lipinski definition) is 0. The van der Waals surface area contributed by atoms with E-state index in [0.29, 0.717) is 0 Å². The lowest BCUT2D eigenvalue weighted by atomic mass is 9.86. The lowest BCUT2D eigenvalue weighted by Crippen LogP contribution is -2.24. The molecule has 0 aliphatic carbocycles. The summed E-state index contributed by atoms with van der Waals surface area (Å²) in [4.78, 5) is 10.00. The van der Waals surface area contributed by atoms with Gasteiger partial charge in [0.1, 0.15) is 0 Å². The number of nitrogens with zero attached hydrogens (tertiary/aromatic N) is 4. The Morgan fingerprint density at radius 3 is 0.903 bits per heavy atom. The average Bonchev–Trinajstić information content (AvgIpc) is 3.41. The van der Waals surface area contributed by atoms with Crippen LogP contribution in [0.5, 0.6) is 0 Å². The van der Waals surface area contributed by atoms with Crippen molar-refractivity contribution < 1.29 is 0 Å². The van der Waals surface area contributed by atoms with Crippen LogP contribution in [0.15, 0.2) is 170 Å². The lowest BCUT2D eigenvalue weighted by Gasteiger charge is -2.31. The SMILES string of the molecule is CCN(CC)c1cc2ccccc2cc1C(C)c1ccc(N(c2ccc(C(C)c3cc4ccccc4cc3N(CC)CC)c(C)c2)c2ccc(C(C)c3cc4ccccc4cc3N(CC)CC)c(C)c2)cc1. The van der Waals surface area contributed by atoms with Crippen molar-refractivity contribution in [2.45, 2.75) is 93.9 Å². The Morgan fingerprint density at radius 2 is 0.597 bits per heavy atom. The third kappa shape index (κ3) is 9.69. The Bertz CT molecular complexity index is 3170. The summed E-state index contributed by atoms with van der Waals surface area (Å²) >= 11 is 0. The second-order valence-corrected chi connectivity index (χ2v) is 20.0. The largest absolute Gasteiger partial charge is 0.372 e. The van der Waals surface area contributed by atoms with Crippen molar-refractivity contribution in [3.63, 3.8) is 0 Å². The maximum absolute atomic E-state index is 2.51. The summed E-state index contributed by atoms with van der Waals surface area (Å²) in [5.41, 5.74) is 18.2. The van der Waals surface area contributed by atoms with Crippen molar-refractivity contribution in [1.82, 2.24) is 0 Å². The summed E-state index contributed by atoms with van der Waals surface area (Å²) in [5, 5.41) is 7.73. The minimum Gasteiger partial charge on any atom is -0.372 e. The van der Waals surface area contributed by atoms with Crippen LogP contribution in [0.25, 0.3) is 32.3 Å². The fraction of sp³-hybridized carbons (Fsp3) is 0.294. The van der Waals surface area contributed by atoms with E-state index in [9.17, 15) is 0 Å². The first-order valence-electron chi connectivity index (χ1n) is 26.9. The fourth-order valence-corrected chi connectivity index (χ4v) is 11.7. The summed E-state index contributed by atoms with van der Waals surface area (Å²) in [6, 6.07) is 64.7. The topological polar surface area (TPSA) is 13.0 Å². The van der Waals surface area contributed by atoms with Crippen LogP contribution in [-0.2, 0) is 0 Å². The molecule has 368 valence electrons. The van der Waals surface area contributed by atoms with Gasteiger partial charge in [-0.05, 0) is 205 Å². The number of rotatable bonds is 18. The molecule has 0 fully saturated rings. The normalized spacial score (nSPS) is 12.8. The molecule has 9 rings (SSSR count). The monoisotopic (exact) mass is 949 g/mol. The first kappa shape index (κ1) is 49.9. The number of hydrogen-bond acceptors (Lipinski definition) is 4. The van der Waals surface area contributed by atoms with Gasteiger partial charge in [-0.1, -0.05) is 118 Å². The second-order valence-electron chi connectivity index (χ2n) is 20.0. The Hall–Kier alpha value is -7.04. The molecule has 9 aromatic rings. The molecule has 4 nitrogen and oxygen atoms in total. The molecule has 9 aromatic carbocycles. The molecule has 0 saturated heterocycles. The zero-order valence-electron chi connectivity index (χ0n) is 44.9. The molecule has 4 heteroatoms. The smallest absolute Gasteiger partial charge is 0.0464 e. The lowest BCUT2D eigenvalue weighted by molar-refractivity contribution is 0.835. The van der Waals surface area contributed by atoms with Gasteiger partial charge in [0.05, 0.1) is 0 Å².